The fourth-order valence-electron chi connectivity index (χ4n) is 3.56. The number of nitrogens with one attached hydrogen (secondary N) is 1. The number of rotatable bonds is 4. The third-order valence-corrected chi connectivity index (χ3v) is 4.89. The fourth-order valence-corrected chi connectivity index (χ4v) is 3.56. The summed E-state index contributed by atoms with van der Waals surface area (Å²) in [6, 6.07) is 9.18. The fraction of sp³-hybridized carbons (Fsp3) is 0.389. The minimum atomic E-state index is -0.444. The van der Waals surface area contributed by atoms with Crippen LogP contribution in [0, 0.1) is 17.7 Å². The van der Waals surface area contributed by atoms with Gasteiger partial charge in [0, 0.05) is 37.0 Å². The Balaban J connectivity index is 1.35. The van der Waals surface area contributed by atoms with Crippen molar-refractivity contribution in [2.24, 2.45) is 11.8 Å². The number of anilines is 1. The monoisotopic (exact) mass is 342 g/mol. The lowest BCUT2D eigenvalue weighted by Gasteiger charge is -2.20. The van der Waals surface area contributed by atoms with Gasteiger partial charge in [-0.1, -0.05) is 18.2 Å². The summed E-state index contributed by atoms with van der Waals surface area (Å²) in [5, 5.41) is 3.00. The lowest BCUT2D eigenvalue weighted by Crippen LogP contribution is -2.34. The van der Waals surface area contributed by atoms with Crippen molar-refractivity contribution in [1.82, 2.24) is 15.3 Å². The van der Waals surface area contributed by atoms with Crippen LogP contribution < -0.4 is 10.2 Å². The zero-order valence-corrected chi connectivity index (χ0v) is 13.6. The molecule has 3 heterocycles. The maximum absolute atomic E-state index is 13.0. The number of halogens is 1. The lowest BCUT2D eigenvalue weighted by atomic mass is 9.93. The van der Waals surface area contributed by atoms with E-state index in [2.05, 4.69) is 15.3 Å². The molecular weight excluding hydrogens is 323 g/mol. The Morgan fingerprint density at radius 1 is 1.24 bits per heavy atom. The summed E-state index contributed by atoms with van der Waals surface area (Å²) in [4.78, 5) is 22.3. The number of carbonyl (C=O) groups is 1. The van der Waals surface area contributed by atoms with Gasteiger partial charge in [0.05, 0.1) is 25.1 Å². The van der Waals surface area contributed by atoms with Gasteiger partial charge in [0.1, 0.15) is 0 Å². The van der Waals surface area contributed by atoms with Gasteiger partial charge < -0.3 is 15.0 Å². The molecule has 1 N–H and O–H groups in total. The summed E-state index contributed by atoms with van der Waals surface area (Å²) in [6.45, 7) is 2.66. The van der Waals surface area contributed by atoms with E-state index in [0.717, 1.165) is 6.54 Å². The highest BCUT2D eigenvalue weighted by Crippen LogP contribution is 2.34. The van der Waals surface area contributed by atoms with E-state index in [4.69, 9.17) is 4.74 Å². The molecule has 7 heteroatoms. The third-order valence-electron chi connectivity index (χ3n) is 4.89. The first-order valence-corrected chi connectivity index (χ1v) is 8.38. The number of carbonyl (C=O) groups excluding carboxylic acids is 1. The van der Waals surface area contributed by atoms with Gasteiger partial charge in [0.25, 0.3) is 5.91 Å². The van der Waals surface area contributed by atoms with E-state index in [-0.39, 0.29) is 17.9 Å². The molecule has 1 aromatic heterocycles. The first-order valence-electron chi connectivity index (χ1n) is 8.38. The van der Waals surface area contributed by atoms with Crippen molar-refractivity contribution in [2.45, 2.75) is 6.10 Å². The molecule has 0 radical (unpaired) electrons. The Kier molecular flexibility index (Phi) is 4.31. The molecule has 0 bridgehead atoms. The second kappa shape index (κ2) is 6.76. The predicted octanol–water partition coefficient (Wildman–Crippen LogP) is 1.50. The number of benzene rings is 1. The quantitative estimate of drug-likeness (QED) is 0.912. The Labute approximate surface area is 145 Å². The maximum atomic E-state index is 13.0. The van der Waals surface area contributed by atoms with Crippen molar-refractivity contribution in [3.8, 4) is 0 Å². The Bertz CT molecular complexity index is 741. The number of ether oxygens (including phenoxy) is 1. The SMILES string of the molecule is O=C(NC[C@@H]1CO[C@H]2CN(c3ncc(F)cn3)C[C@@H]12)c1ccccc1. The summed E-state index contributed by atoms with van der Waals surface area (Å²) < 4.78 is 18.9. The zero-order chi connectivity index (χ0) is 17.2. The lowest BCUT2D eigenvalue weighted by molar-refractivity contribution is 0.0940. The van der Waals surface area contributed by atoms with E-state index >= 15 is 0 Å². The minimum Gasteiger partial charge on any atom is -0.376 e. The summed E-state index contributed by atoms with van der Waals surface area (Å²) >= 11 is 0. The number of hydrogen-bond acceptors (Lipinski definition) is 5. The van der Waals surface area contributed by atoms with E-state index in [0.29, 0.717) is 37.1 Å². The summed E-state index contributed by atoms with van der Waals surface area (Å²) in [7, 11) is 0. The van der Waals surface area contributed by atoms with Crippen molar-refractivity contribution in [3.05, 3.63) is 54.1 Å². The van der Waals surface area contributed by atoms with Gasteiger partial charge >= 0.3 is 0 Å². The first-order chi connectivity index (χ1) is 12.2. The van der Waals surface area contributed by atoms with Crippen LogP contribution in [0.15, 0.2) is 42.7 Å². The molecule has 0 spiro atoms. The van der Waals surface area contributed by atoms with E-state index in [9.17, 15) is 9.18 Å². The molecule has 2 aromatic rings. The third kappa shape index (κ3) is 3.32. The number of nitrogens with zero attached hydrogens (tertiary/aromatic N) is 3. The molecule has 0 saturated carbocycles. The van der Waals surface area contributed by atoms with E-state index in [1.807, 2.05) is 23.1 Å². The first kappa shape index (κ1) is 16.0. The number of amides is 1. The van der Waals surface area contributed by atoms with Crippen LogP contribution in [-0.4, -0.2) is 48.2 Å². The van der Waals surface area contributed by atoms with Gasteiger partial charge in [0.2, 0.25) is 5.95 Å². The highest BCUT2D eigenvalue weighted by atomic mass is 19.1. The van der Waals surface area contributed by atoms with Gasteiger partial charge in [-0.25, -0.2) is 14.4 Å². The maximum Gasteiger partial charge on any atom is 0.251 e. The Morgan fingerprint density at radius 3 is 2.76 bits per heavy atom. The number of fused-ring (bicyclic) bond motifs is 1. The molecule has 130 valence electrons. The van der Waals surface area contributed by atoms with Crippen molar-refractivity contribution in [3.63, 3.8) is 0 Å². The van der Waals surface area contributed by atoms with Gasteiger partial charge in [-0.3, -0.25) is 4.79 Å². The van der Waals surface area contributed by atoms with Gasteiger partial charge in [-0.05, 0) is 12.1 Å². The highest BCUT2D eigenvalue weighted by molar-refractivity contribution is 5.94. The molecule has 3 atom stereocenters. The van der Waals surface area contributed by atoms with E-state index < -0.39 is 5.82 Å². The smallest absolute Gasteiger partial charge is 0.251 e. The molecule has 2 aliphatic rings. The van der Waals surface area contributed by atoms with Crippen molar-refractivity contribution in [2.75, 3.05) is 31.1 Å². The molecule has 25 heavy (non-hydrogen) atoms. The van der Waals surface area contributed by atoms with Crippen LogP contribution >= 0.6 is 0 Å². The van der Waals surface area contributed by atoms with Crippen LogP contribution in [0.5, 0.6) is 0 Å². The molecule has 2 aliphatic heterocycles. The van der Waals surface area contributed by atoms with E-state index in [1.54, 1.807) is 12.1 Å². The van der Waals surface area contributed by atoms with Crippen molar-refractivity contribution >= 4 is 11.9 Å². The molecule has 2 fully saturated rings. The Hall–Kier alpha value is -2.54. The topological polar surface area (TPSA) is 67.3 Å². The minimum absolute atomic E-state index is 0.0687. The van der Waals surface area contributed by atoms with Crippen molar-refractivity contribution < 1.29 is 13.9 Å². The molecule has 1 amide bonds. The molecule has 4 rings (SSSR count). The molecule has 0 aliphatic carbocycles. The van der Waals surface area contributed by atoms with E-state index in [1.165, 1.54) is 12.4 Å². The number of hydrogen-bond donors (Lipinski definition) is 1. The van der Waals surface area contributed by atoms with Crippen LogP contribution in [-0.2, 0) is 4.74 Å². The zero-order valence-electron chi connectivity index (χ0n) is 13.6. The van der Waals surface area contributed by atoms with Gasteiger partial charge in [-0.2, -0.15) is 0 Å². The van der Waals surface area contributed by atoms with Crippen LogP contribution in [0.25, 0.3) is 0 Å². The average Bonchev–Trinajstić information content (AvgIpc) is 3.22. The second-order valence-electron chi connectivity index (χ2n) is 6.48. The molecular formula is C18H19FN4O2. The standard InChI is InChI=1S/C18H19FN4O2/c19-14-7-21-18(22-8-14)23-9-15-13(11-25-16(15)10-23)6-20-17(24)12-4-2-1-3-5-12/h1-5,7-8,13,15-16H,6,9-11H2,(H,20,24)/t13-,15+,16+/m1/s1. The van der Waals surface area contributed by atoms with Crippen LogP contribution in [0.1, 0.15) is 10.4 Å². The average molecular weight is 342 g/mol. The highest BCUT2D eigenvalue weighted by Gasteiger charge is 2.44. The second-order valence-corrected chi connectivity index (χ2v) is 6.48. The van der Waals surface area contributed by atoms with Gasteiger partial charge in [0.15, 0.2) is 5.82 Å². The summed E-state index contributed by atoms with van der Waals surface area (Å²) in [6.07, 6.45) is 2.45. The largest absolute Gasteiger partial charge is 0.376 e. The molecule has 0 unspecified atom stereocenters. The Morgan fingerprint density at radius 2 is 2.00 bits per heavy atom. The van der Waals surface area contributed by atoms with Crippen molar-refractivity contribution in [1.29, 1.82) is 0 Å². The summed E-state index contributed by atoms with van der Waals surface area (Å²) in [5.74, 6) is 0.570. The normalized spacial score (nSPS) is 25.0. The van der Waals surface area contributed by atoms with Gasteiger partial charge in [-0.15, -0.1) is 0 Å². The number of aromatic nitrogens is 2. The van der Waals surface area contributed by atoms with Crippen LogP contribution in [0.3, 0.4) is 0 Å². The molecule has 1 aromatic carbocycles. The predicted molar refractivity (Wildman–Crippen MR) is 89.7 cm³/mol. The van der Waals surface area contributed by atoms with Crippen LogP contribution in [0.4, 0.5) is 10.3 Å². The molecule has 6 nitrogen and oxygen atoms in total. The summed E-state index contributed by atoms with van der Waals surface area (Å²) in [5.41, 5.74) is 0.658. The molecule has 2 saturated heterocycles. The van der Waals surface area contributed by atoms with Crippen LogP contribution in [0.2, 0.25) is 0 Å².